The maximum absolute atomic E-state index is 4.34. The average Bonchev–Trinajstić information content (AvgIpc) is 2.82. The summed E-state index contributed by atoms with van der Waals surface area (Å²) < 4.78 is 0. The van der Waals surface area contributed by atoms with Crippen LogP contribution in [0.4, 0.5) is 0 Å². The molecule has 0 unspecified atom stereocenters. The second-order valence-electron chi connectivity index (χ2n) is 4.59. The summed E-state index contributed by atoms with van der Waals surface area (Å²) in [7, 11) is 0. The van der Waals surface area contributed by atoms with Crippen LogP contribution in [0.2, 0.25) is 0 Å². The van der Waals surface area contributed by atoms with E-state index in [4.69, 9.17) is 0 Å². The first-order valence-electron chi connectivity index (χ1n) is 5.96. The lowest BCUT2D eigenvalue weighted by atomic mass is 9.97. The van der Waals surface area contributed by atoms with Crippen LogP contribution < -0.4 is 5.32 Å². The van der Waals surface area contributed by atoms with Gasteiger partial charge in [0.05, 0.1) is 5.52 Å². The van der Waals surface area contributed by atoms with Crippen molar-refractivity contribution in [3.8, 4) is 0 Å². The molecule has 1 aromatic carbocycles. The number of hydrogen-bond acceptors (Lipinski definition) is 2. The quantitative estimate of drug-likeness (QED) is 0.826. The molecule has 1 atom stereocenters. The molecular formula is C14H16N2. The minimum atomic E-state index is 0.814. The van der Waals surface area contributed by atoms with Gasteiger partial charge in [0.1, 0.15) is 0 Å². The van der Waals surface area contributed by atoms with Crippen molar-refractivity contribution in [1.82, 2.24) is 10.3 Å². The highest BCUT2D eigenvalue weighted by Crippen LogP contribution is 2.19. The van der Waals surface area contributed by atoms with E-state index in [-0.39, 0.29) is 0 Å². The molecule has 16 heavy (non-hydrogen) atoms. The van der Waals surface area contributed by atoms with Gasteiger partial charge >= 0.3 is 0 Å². The van der Waals surface area contributed by atoms with Crippen molar-refractivity contribution in [1.29, 1.82) is 0 Å². The SMILES string of the molecule is c1cnc2ccc(C[C@@H]3CCNC3)cc2c1. The average molecular weight is 212 g/mol. The predicted octanol–water partition coefficient (Wildman–Crippen LogP) is 2.39. The van der Waals surface area contributed by atoms with Crippen molar-refractivity contribution >= 4 is 10.9 Å². The van der Waals surface area contributed by atoms with Crippen LogP contribution in [0, 0.1) is 5.92 Å². The highest BCUT2D eigenvalue weighted by Gasteiger charge is 2.14. The van der Waals surface area contributed by atoms with Crippen LogP contribution in [0.25, 0.3) is 10.9 Å². The Kier molecular flexibility index (Phi) is 2.58. The molecule has 1 aromatic heterocycles. The first-order valence-corrected chi connectivity index (χ1v) is 5.96. The van der Waals surface area contributed by atoms with E-state index in [1.807, 2.05) is 12.3 Å². The number of fused-ring (bicyclic) bond motifs is 1. The monoisotopic (exact) mass is 212 g/mol. The van der Waals surface area contributed by atoms with E-state index >= 15 is 0 Å². The number of nitrogens with one attached hydrogen (secondary N) is 1. The smallest absolute Gasteiger partial charge is 0.0702 e. The second kappa shape index (κ2) is 4.22. The third kappa shape index (κ3) is 1.93. The Bertz CT molecular complexity index is 487. The van der Waals surface area contributed by atoms with Crippen molar-refractivity contribution in [2.24, 2.45) is 5.92 Å². The van der Waals surface area contributed by atoms with E-state index in [2.05, 4.69) is 34.6 Å². The summed E-state index contributed by atoms with van der Waals surface area (Å²) in [6, 6.07) is 10.8. The Balaban J connectivity index is 1.86. The number of hydrogen-bond donors (Lipinski definition) is 1. The van der Waals surface area contributed by atoms with Crippen LogP contribution in [0.15, 0.2) is 36.5 Å². The van der Waals surface area contributed by atoms with Crippen LogP contribution in [-0.4, -0.2) is 18.1 Å². The van der Waals surface area contributed by atoms with Gasteiger partial charge in [0, 0.05) is 11.6 Å². The maximum atomic E-state index is 4.34. The molecule has 1 saturated heterocycles. The summed E-state index contributed by atoms with van der Waals surface area (Å²) in [4.78, 5) is 4.34. The summed E-state index contributed by atoms with van der Waals surface area (Å²) in [5.41, 5.74) is 2.53. The molecule has 3 rings (SSSR count). The minimum Gasteiger partial charge on any atom is -0.316 e. The molecule has 1 N–H and O–H groups in total. The Morgan fingerprint density at radius 3 is 3.19 bits per heavy atom. The van der Waals surface area contributed by atoms with E-state index in [1.165, 1.54) is 36.9 Å². The van der Waals surface area contributed by atoms with E-state index in [1.54, 1.807) is 0 Å². The van der Waals surface area contributed by atoms with Crippen molar-refractivity contribution in [2.75, 3.05) is 13.1 Å². The molecule has 0 bridgehead atoms. The molecule has 2 heteroatoms. The van der Waals surface area contributed by atoms with E-state index in [0.29, 0.717) is 0 Å². The molecule has 82 valence electrons. The van der Waals surface area contributed by atoms with Crippen LogP contribution >= 0.6 is 0 Å². The molecule has 2 aromatic rings. The van der Waals surface area contributed by atoms with E-state index < -0.39 is 0 Å². The van der Waals surface area contributed by atoms with Gasteiger partial charge in [-0.15, -0.1) is 0 Å². The van der Waals surface area contributed by atoms with Gasteiger partial charge in [-0.05, 0) is 55.6 Å². The molecule has 0 saturated carbocycles. The largest absolute Gasteiger partial charge is 0.316 e. The van der Waals surface area contributed by atoms with Gasteiger partial charge < -0.3 is 5.32 Å². The molecular weight excluding hydrogens is 196 g/mol. The maximum Gasteiger partial charge on any atom is 0.0702 e. The number of pyridine rings is 1. The van der Waals surface area contributed by atoms with Crippen molar-refractivity contribution < 1.29 is 0 Å². The lowest BCUT2D eigenvalue weighted by Crippen LogP contribution is -2.10. The molecule has 1 aliphatic heterocycles. The Labute approximate surface area is 95.7 Å². The highest BCUT2D eigenvalue weighted by atomic mass is 14.9. The van der Waals surface area contributed by atoms with Gasteiger partial charge in [-0.1, -0.05) is 12.1 Å². The molecule has 1 fully saturated rings. The highest BCUT2D eigenvalue weighted by molar-refractivity contribution is 5.78. The Morgan fingerprint density at radius 1 is 1.31 bits per heavy atom. The number of benzene rings is 1. The van der Waals surface area contributed by atoms with Crippen molar-refractivity contribution in [2.45, 2.75) is 12.8 Å². The lowest BCUT2D eigenvalue weighted by molar-refractivity contribution is 0.580. The van der Waals surface area contributed by atoms with Crippen molar-refractivity contribution in [3.63, 3.8) is 0 Å². The molecule has 0 amide bonds. The number of aromatic nitrogens is 1. The van der Waals surface area contributed by atoms with Crippen LogP contribution in [-0.2, 0) is 6.42 Å². The Hall–Kier alpha value is -1.41. The Morgan fingerprint density at radius 2 is 2.31 bits per heavy atom. The number of nitrogens with zero attached hydrogens (tertiary/aromatic N) is 1. The van der Waals surface area contributed by atoms with Gasteiger partial charge in [-0.25, -0.2) is 0 Å². The fraction of sp³-hybridized carbons (Fsp3) is 0.357. The zero-order valence-corrected chi connectivity index (χ0v) is 9.32. The molecule has 0 spiro atoms. The zero-order chi connectivity index (χ0) is 10.8. The van der Waals surface area contributed by atoms with Gasteiger partial charge in [0.15, 0.2) is 0 Å². The first-order chi connectivity index (χ1) is 7.92. The van der Waals surface area contributed by atoms with Gasteiger partial charge in [0.25, 0.3) is 0 Å². The zero-order valence-electron chi connectivity index (χ0n) is 9.32. The summed E-state index contributed by atoms with van der Waals surface area (Å²) in [5.74, 6) is 0.814. The fourth-order valence-electron chi connectivity index (χ4n) is 2.47. The minimum absolute atomic E-state index is 0.814. The van der Waals surface area contributed by atoms with Gasteiger partial charge in [-0.2, -0.15) is 0 Å². The van der Waals surface area contributed by atoms with Crippen LogP contribution in [0.5, 0.6) is 0 Å². The van der Waals surface area contributed by atoms with E-state index in [0.717, 1.165) is 11.4 Å². The van der Waals surface area contributed by atoms with Crippen LogP contribution in [0.3, 0.4) is 0 Å². The normalized spacial score (nSPS) is 20.4. The summed E-state index contributed by atoms with van der Waals surface area (Å²) in [5, 5.41) is 4.67. The predicted molar refractivity (Wildman–Crippen MR) is 66.4 cm³/mol. The third-order valence-electron chi connectivity index (χ3n) is 3.35. The van der Waals surface area contributed by atoms with E-state index in [9.17, 15) is 0 Å². The summed E-state index contributed by atoms with van der Waals surface area (Å²) in [6.07, 6.45) is 4.35. The van der Waals surface area contributed by atoms with Crippen molar-refractivity contribution in [3.05, 3.63) is 42.1 Å². The summed E-state index contributed by atoms with van der Waals surface area (Å²) >= 11 is 0. The molecule has 2 heterocycles. The van der Waals surface area contributed by atoms with Gasteiger partial charge in [-0.3, -0.25) is 4.98 Å². The first kappa shape index (κ1) is 9.79. The topological polar surface area (TPSA) is 24.9 Å². The summed E-state index contributed by atoms with van der Waals surface area (Å²) in [6.45, 7) is 2.35. The fourth-order valence-corrected chi connectivity index (χ4v) is 2.47. The van der Waals surface area contributed by atoms with Crippen LogP contribution in [0.1, 0.15) is 12.0 Å². The molecule has 2 nitrogen and oxygen atoms in total. The molecule has 1 aliphatic rings. The lowest BCUT2D eigenvalue weighted by Gasteiger charge is -2.08. The van der Waals surface area contributed by atoms with Gasteiger partial charge in [0.2, 0.25) is 0 Å². The molecule has 0 radical (unpaired) electrons. The molecule has 0 aliphatic carbocycles. The standard InChI is InChI=1S/C14H16N2/c1-2-13-9-11(3-4-14(13)16-6-1)8-12-5-7-15-10-12/h1-4,6,9,12,15H,5,7-8,10H2/t12-/m0/s1. The number of rotatable bonds is 2. The second-order valence-corrected chi connectivity index (χ2v) is 4.59. The third-order valence-corrected chi connectivity index (χ3v) is 3.35.